The second kappa shape index (κ2) is 5.16. The van der Waals surface area contributed by atoms with E-state index >= 15 is 0 Å². The molecule has 1 aliphatic heterocycles. The first-order valence-electron chi connectivity index (χ1n) is 5.65. The van der Waals surface area contributed by atoms with Gasteiger partial charge in [0.2, 0.25) is 0 Å². The Labute approximate surface area is 99.6 Å². The van der Waals surface area contributed by atoms with Gasteiger partial charge < -0.3 is 20.9 Å². The lowest BCUT2D eigenvalue weighted by molar-refractivity contribution is -0.126. The van der Waals surface area contributed by atoms with Crippen molar-refractivity contribution in [2.45, 2.75) is 25.0 Å². The van der Waals surface area contributed by atoms with E-state index in [-0.39, 0.29) is 17.8 Å². The molecule has 2 atom stereocenters. The molecule has 1 saturated heterocycles. The van der Waals surface area contributed by atoms with Crippen LogP contribution in [0.4, 0.5) is 5.69 Å². The molecule has 92 valence electrons. The molecule has 5 heteroatoms. The van der Waals surface area contributed by atoms with E-state index in [1.807, 2.05) is 0 Å². The summed E-state index contributed by atoms with van der Waals surface area (Å²) in [7, 11) is 0. The number of ether oxygens (including phenoxy) is 1. The van der Waals surface area contributed by atoms with Crippen LogP contribution in [0.2, 0.25) is 0 Å². The van der Waals surface area contributed by atoms with Crippen molar-refractivity contribution < 1.29 is 14.6 Å². The van der Waals surface area contributed by atoms with Gasteiger partial charge in [-0.05, 0) is 25.0 Å². The average molecular weight is 236 g/mol. The van der Waals surface area contributed by atoms with Gasteiger partial charge in [0.15, 0.2) is 0 Å². The van der Waals surface area contributed by atoms with Crippen molar-refractivity contribution in [1.29, 1.82) is 0 Å². The van der Waals surface area contributed by atoms with E-state index in [1.165, 1.54) is 6.07 Å². The Bertz CT molecular complexity index is 408. The maximum absolute atomic E-state index is 11.8. The fourth-order valence-electron chi connectivity index (χ4n) is 1.86. The Hall–Kier alpha value is -1.59. The van der Waals surface area contributed by atoms with Crippen molar-refractivity contribution in [3.8, 4) is 5.75 Å². The summed E-state index contributed by atoms with van der Waals surface area (Å²) in [6.45, 7) is 0.431. The van der Waals surface area contributed by atoms with Crippen LogP contribution in [0.3, 0.4) is 0 Å². The van der Waals surface area contributed by atoms with E-state index < -0.39 is 6.10 Å². The number of benzene rings is 1. The molecule has 5 nitrogen and oxygen atoms in total. The van der Waals surface area contributed by atoms with Crippen molar-refractivity contribution in [3.05, 3.63) is 24.3 Å². The predicted octanol–water partition coefficient (Wildman–Crippen LogP) is 0.837. The zero-order valence-electron chi connectivity index (χ0n) is 9.43. The van der Waals surface area contributed by atoms with Crippen LogP contribution in [-0.2, 0) is 9.53 Å². The smallest absolute Gasteiger partial charge is 0.253 e. The van der Waals surface area contributed by atoms with Crippen molar-refractivity contribution >= 4 is 11.6 Å². The quantitative estimate of drug-likeness (QED) is 0.679. The Kier molecular flexibility index (Phi) is 3.61. The lowest BCUT2D eigenvalue weighted by Crippen LogP contribution is -2.29. The van der Waals surface area contributed by atoms with Crippen LogP contribution >= 0.6 is 0 Å². The normalized spacial score (nSPS) is 23.6. The molecule has 1 aliphatic rings. The number of aromatic hydroxyl groups is 1. The monoisotopic (exact) mass is 236 g/mol. The van der Waals surface area contributed by atoms with E-state index in [4.69, 9.17) is 10.5 Å². The van der Waals surface area contributed by atoms with Gasteiger partial charge in [-0.1, -0.05) is 12.1 Å². The number of phenolic OH excluding ortho intramolecular Hbond substituents is 1. The van der Waals surface area contributed by atoms with Gasteiger partial charge in [-0.3, -0.25) is 4.79 Å². The van der Waals surface area contributed by atoms with Crippen LogP contribution in [0.25, 0.3) is 0 Å². The van der Waals surface area contributed by atoms with E-state index in [1.54, 1.807) is 18.2 Å². The van der Waals surface area contributed by atoms with E-state index in [0.717, 1.165) is 6.42 Å². The fourth-order valence-corrected chi connectivity index (χ4v) is 1.86. The van der Waals surface area contributed by atoms with Crippen molar-refractivity contribution in [2.75, 3.05) is 11.9 Å². The molecule has 0 spiro atoms. The molecule has 1 aromatic carbocycles. The number of anilines is 1. The molecule has 0 radical (unpaired) electrons. The number of rotatable bonds is 3. The molecule has 1 fully saturated rings. The van der Waals surface area contributed by atoms with Gasteiger partial charge in [0.05, 0.1) is 11.8 Å². The number of carbonyl (C=O) groups is 1. The van der Waals surface area contributed by atoms with E-state index in [2.05, 4.69) is 5.32 Å². The highest BCUT2D eigenvalue weighted by Crippen LogP contribution is 2.24. The topological polar surface area (TPSA) is 84.6 Å². The third-order valence-corrected chi connectivity index (χ3v) is 2.82. The molecule has 0 aromatic heterocycles. The van der Waals surface area contributed by atoms with Crippen molar-refractivity contribution in [3.63, 3.8) is 0 Å². The predicted molar refractivity (Wildman–Crippen MR) is 63.7 cm³/mol. The van der Waals surface area contributed by atoms with Gasteiger partial charge in [-0.2, -0.15) is 0 Å². The molecule has 1 aromatic rings. The summed E-state index contributed by atoms with van der Waals surface area (Å²) in [5.74, 6) is -0.184. The minimum atomic E-state index is -0.469. The minimum absolute atomic E-state index is 0.0323. The molecular formula is C12H16N2O3. The Morgan fingerprint density at radius 3 is 2.88 bits per heavy atom. The largest absolute Gasteiger partial charge is 0.506 e. The lowest BCUT2D eigenvalue weighted by Gasteiger charge is -2.13. The van der Waals surface area contributed by atoms with E-state index in [9.17, 15) is 9.90 Å². The second-order valence-corrected chi connectivity index (χ2v) is 4.07. The highest BCUT2D eigenvalue weighted by atomic mass is 16.5. The molecule has 2 unspecified atom stereocenters. The Morgan fingerprint density at radius 2 is 2.24 bits per heavy atom. The van der Waals surface area contributed by atoms with Crippen LogP contribution in [0, 0.1) is 0 Å². The maximum Gasteiger partial charge on any atom is 0.253 e. The van der Waals surface area contributed by atoms with Crippen LogP contribution in [0.1, 0.15) is 12.8 Å². The highest BCUT2D eigenvalue weighted by Gasteiger charge is 2.30. The third kappa shape index (κ3) is 2.75. The number of nitrogens with one attached hydrogen (secondary N) is 1. The molecule has 2 rings (SSSR count). The Balaban J connectivity index is 1.96. The number of carbonyl (C=O) groups excluding carboxylic acids is 1. The SMILES string of the molecule is NCC1CCC(C(=O)Nc2ccccc2O)O1. The summed E-state index contributed by atoms with van der Waals surface area (Å²) < 4.78 is 5.47. The molecule has 1 amide bonds. The fraction of sp³-hybridized carbons (Fsp3) is 0.417. The number of hydrogen-bond donors (Lipinski definition) is 3. The third-order valence-electron chi connectivity index (χ3n) is 2.82. The highest BCUT2D eigenvalue weighted by molar-refractivity contribution is 5.95. The van der Waals surface area contributed by atoms with Crippen LogP contribution in [0.5, 0.6) is 5.75 Å². The van der Waals surface area contributed by atoms with Crippen molar-refractivity contribution in [2.24, 2.45) is 5.73 Å². The van der Waals surface area contributed by atoms with Crippen LogP contribution < -0.4 is 11.1 Å². The molecule has 0 bridgehead atoms. The number of hydrogen-bond acceptors (Lipinski definition) is 4. The number of phenols is 1. The standard InChI is InChI=1S/C12H16N2O3/c13-7-8-5-6-11(17-8)12(16)14-9-3-1-2-4-10(9)15/h1-4,8,11,15H,5-7,13H2,(H,14,16). The number of nitrogens with two attached hydrogens (primary N) is 1. The summed E-state index contributed by atoms with van der Waals surface area (Å²) in [5, 5.41) is 12.2. The first-order valence-corrected chi connectivity index (χ1v) is 5.65. The van der Waals surface area contributed by atoms with Crippen LogP contribution in [-0.4, -0.2) is 29.8 Å². The number of amides is 1. The Morgan fingerprint density at radius 1 is 1.47 bits per heavy atom. The minimum Gasteiger partial charge on any atom is -0.506 e. The molecule has 0 saturated carbocycles. The van der Waals surface area contributed by atoms with Gasteiger partial charge in [0, 0.05) is 6.54 Å². The van der Waals surface area contributed by atoms with E-state index in [0.29, 0.717) is 18.7 Å². The summed E-state index contributed by atoms with van der Waals surface area (Å²) in [4.78, 5) is 11.8. The summed E-state index contributed by atoms with van der Waals surface area (Å²) in [6.07, 6.45) is 0.967. The van der Waals surface area contributed by atoms with Gasteiger partial charge in [0.1, 0.15) is 11.9 Å². The van der Waals surface area contributed by atoms with Gasteiger partial charge in [0.25, 0.3) is 5.91 Å². The zero-order chi connectivity index (χ0) is 12.3. The number of para-hydroxylation sites is 2. The summed E-state index contributed by atoms with van der Waals surface area (Å²) in [5.41, 5.74) is 5.88. The van der Waals surface area contributed by atoms with Crippen LogP contribution in [0.15, 0.2) is 24.3 Å². The molecule has 17 heavy (non-hydrogen) atoms. The zero-order valence-corrected chi connectivity index (χ0v) is 9.43. The summed E-state index contributed by atoms with van der Waals surface area (Å²) >= 11 is 0. The first-order chi connectivity index (χ1) is 8.20. The maximum atomic E-state index is 11.8. The average Bonchev–Trinajstić information content (AvgIpc) is 2.81. The van der Waals surface area contributed by atoms with Gasteiger partial charge in [-0.25, -0.2) is 0 Å². The lowest BCUT2D eigenvalue weighted by atomic mass is 10.2. The molecule has 0 aliphatic carbocycles. The van der Waals surface area contributed by atoms with Gasteiger partial charge in [-0.15, -0.1) is 0 Å². The molecule has 4 N–H and O–H groups in total. The summed E-state index contributed by atoms with van der Waals surface area (Å²) in [6, 6.07) is 6.60. The molecular weight excluding hydrogens is 220 g/mol. The van der Waals surface area contributed by atoms with Gasteiger partial charge >= 0.3 is 0 Å². The first kappa shape index (κ1) is 11.9. The second-order valence-electron chi connectivity index (χ2n) is 4.07. The van der Waals surface area contributed by atoms with Crippen molar-refractivity contribution in [1.82, 2.24) is 0 Å². The molecule has 1 heterocycles.